The number of rotatable bonds is 8. The lowest BCUT2D eigenvalue weighted by molar-refractivity contribution is 0.487. The molecule has 0 unspecified atom stereocenters. The van der Waals surface area contributed by atoms with Gasteiger partial charge in [-0.05, 0) is 146 Å². The summed E-state index contributed by atoms with van der Waals surface area (Å²) in [5.74, 6) is 1.63. The van der Waals surface area contributed by atoms with Crippen LogP contribution in [0.1, 0.15) is 0 Å². The molecule has 328 valence electrons. The van der Waals surface area contributed by atoms with Crippen LogP contribution >= 0.6 is 0 Å². The molecule has 0 atom stereocenters. The summed E-state index contributed by atoms with van der Waals surface area (Å²) in [7, 11) is 0. The molecule has 4 nitrogen and oxygen atoms in total. The number of para-hydroxylation sites is 2. The molecule has 14 rings (SSSR count). The van der Waals surface area contributed by atoms with E-state index >= 15 is 0 Å². The first-order chi connectivity index (χ1) is 34.7. The minimum Gasteiger partial charge on any atom is -0.456 e. The molecule has 1 aromatic heterocycles. The Kier molecular flexibility index (Phi) is 9.17. The lowest BCUT2D eigenvalue weighted by atomic mass is 9.92. The molecule has 4 heteroatoms. The van der Waals surface area contributed by atoms with Crippen molar-refractivity contribution < 1.29 is 9.15 Å². The van der Waals surface area contributed by atoms with Gasteiger partial charge >= 0.3 is 0 Å². The summed E-state index contributed by atoms with van der Waals surface area (Å²) in [6.07, 6.45) is 0. The number of hydrogen-bond acceptors (Lipinski definition) is 4. The number of furan rings is 1. The smallest absolute Gasteiger partial charge is 0.137 e. The van der Waals surface area contributed by atoms with Crippen molar-refractivity contribution in [1.29, 1.82) is 0 Å². The van der Waals surface area contributed by atoms with E-state index in [0.29, 0.717) is 0 Å². The molecule has 0 amide bonds. The number of ether oxygens (including phenoxy) is 1. The van der Waals surface area contributed by atoms with Crippen molar-refractivity contribution >= 4 is 88.4 Å². The van der Waals surface area contributed by atoms with Crippen LogP contribution in [0.25, 0.3) is 87.6 Å². The maximum absolute atomic E-state index is 6.92. The second-order valence-corrected chi connectivity index (χ2v) is 18.1. The van der Waals surface area contributed by atoms with Crippen molar-refractivity contribution in [2.75, 3.05) is 9.80 Å². The Bertz CT molecular complexity index is 4140. The van der Waals surface area contributed by atoms with Gasteiger partial charge in [0.15, 0.2) is 0 Å². The van der Waals surface area contributed by atoms with E-state index in [1.54, 1.807) is 0 Å². The first-order valence-electron chi connectivity index (χ1n) is 23.8. The van der Waals surface area contributed by atoms with Gasteiger partial charge in [-0.2, -0.15) is 0 Å². The fraction of sp³-hybridized carbons (Fsp3) is 0. The van der Waals surface area contributed by atoms with Gasteiger partial charge in [-0.3, -0.25) is 0 Å². The molecule has 13 aromatic rings. The zero-order chi connectivity index (χ0) is 46.1. The summed E-state index contributed by atoms with van der Waals surface area (Å²) in [6, 6.07) is 90.9. The van der Waals surface area contributed by atoms with E-state index < -0.39 is 0 Å². The quantitative estimate of drug-likeness (QED) is 0.152. The second kappa shape index (κ2) is 16.2. The zero-order valence-electron chi connectivity index (χ0n) is 38.0. The Morgan fingerprint density at radius 1 is 0.257 bits per heavy atom. The topological polar surface area (TPSA) is 28.9 Å². The fourth-order valence-electron chi connectivity index (χ4n) is 10.6. The molecule has 0 saturated carbocycles. The molecule has 1 aliphatic heterocycles. The third-order valence-corrected chi connectivity index (χ3v) is 14.0. The number of anilines is 6. The number of fused-ring (bicyclic) bond motifs is 8. The lowest BCUT2D eigenvalue weighted by Gasteiger charge is -2.28. The first kappa shape index (κ1) is 39.8. The van der Waals surface area contributed by atoms with Gasteiger partial charge in [0, 0.05) is 73.5 Å². The predicted molar refractivity (Wildman–Crippen MR) is 292 cm³/mol. The Hall–Kier alpha value is -9.38. The molecular weight excluding hydrogens is 853 g/mol. The van der Waals surface area contributed by atoms with Gasteiger partial charge in [-0.25, -0.2) is 0 Å². The fourth-order valence-corrected chi connectivity index (χ4v) is 10.6. The van der Waals surface area contributed by atoms with E-state index in [-0.39, 0.29) is 0 Å². The van der Waals surface area contributed by atoms with Gasteiger partial charge in [-0.1, -0.05) is 146 Å². The SMILES string of the molecule is c1ccc(N(c2ccc(-c3ccc4ccccc4c3)cc2)c2ccc3c(c2)Oc2cccc4c2c-3cc2oc3cc(N(c5ccccc5)c5ccc(-c6ccc7ccccc7c6)cc5)ccc3c24)cc1. The summed E-state index contributed by atoms with van der Waals surface area (Å²) in [5.41, 5.74) is 14.8. The van der Waals surface area contributed by atoms with Crippen molar-refractivity contribution in [3.05, 3.63) is 255 Å². The number of hydrogen-bond donors (Lipinski definition) is 0. The van der Waals surface area contributed by atoms with Gasteiger partial charge in [0.2, 0.25) is 0 Å². The standard InChI is InChI=1S/C66H42N2O2/c1-3-16-51(17-4-1)67(53-30-26-45(27-31-53)49-24-22-43-12-7-9-14-47(43)38-49)55-34-36-57-60-42-64-65(59-20-11-21-61(66(59)60)69-62(57)40-55)58-37-35-56(41-63(58)70-64)68(52-18-5-2-6-19-52)54-32-28-46(29-33-54)50-25-23-44-13-8-10-15-48(44)39-50/h1-42H. The monoisotopic (exact) mass is 894 g/mol. The van der Waals surface area contributed by atoms with E-state index in [2.05, 4.69) is 265 Å². The van der Waals surface area contributed by atoms with Gasteiger partial charge < -0.3 is 19.0 Å². The minimum absolute atomic E-state index is 0.800. The van der Waals surface area contributed by atoms with Crippen LogP contribution in [-0.2, 0) is 0 Å². The summed E-state index contributed by atoms with van der Waals surface area (Å²) in [4.78, 5) is 4.59. The van der Waals surface area contributed by atoms with Gasteiger partial charge in [-0.15, -0.1) is 0 Å². The Balaban J connectivity index is 0.836. The summed E-state index contributed by atoms with van der Waals surface area (Å²) in [6.45, 7) is 0. The van der Waals surface area contributed by atoms with Crippen molar-refractivity contribution in [2.45, 2.75) is 0 Å². The van der Waals surface area contributed by atoms with Crippen LogP contribution < -0.4 is 14.5 Å². The molecule has 0 spiro atoms. The predicted octanol–water partition coefficient (Wildman–Crippen LogP) is 19.1. The van der Waals surface area contributed by atoms with Crippen LogP contribution in [0.3, 0.4) is 0 Å². The van der Waals surface area contributed by atoms with Crippen LogP contribution in [0.4, 0.5) is 34.1 Å². The van der Waals surface area contributed by atoms with Crippen molar-refractivity contribution in [1.82, 2.24) is 0 Å². The molecule has 0 aliphatic carbocycles. The molecule has 0 bridgehead atoms. The Morgan fingerprint density at radius 3 is 1.36 bits per heavy atom. The molecule has 0 saturated heterocycles. The zero-order valence-corrected chi connectivity index (χ0v) is 38.0. The average Bonchev–Trinajstić information content (AvgIpc) is 3.80. The van der Waals surface area contributed by atoms with E-state index in [1.807, 2.05) is 0 Å². The van der Waals surface area contributed by atoms with Crippen LogP contribution in [0.15, 0.2) is 259 Å². The van der Waals surface area contributed by atoms with Crippen LogP contribution in [0.5, 0.6) is 11.5 Å². The van der Waals surface area contributed by atoms with Crippen molar-refractivity contribution in [3.8, 4) is 44.9 Å². The average molecular weight is 895 g/mol. The van der Waals surface area contributed by atoms with Crippen LogP contribution in [0.2, 0.25) is 0 Å². The Labute approximate surface area is 405 Å². The molecule has 0 fully saturated rings. The van der Waals surface area contributed by atoms with Crippen LogP contribution in [-0.4, -0.2) is 0 Å². The highest BCUT2D eigenvalue weighted by Crippen LogP contribution is 2.52. The van der Waals surface area contributed by atoms with E-state index in [4.69, 9.17) is 9.15 Å². The Morgan fingerprint density at radius 2 is 0.757 bits per heavy atom. The molecule has 0 N–H and O–H groups in total. The molecule has 2 heterocycles. The first-order valence-corrected chi connectivity index (χ1v) is 23.8. The molecular formula is C66H42N2O2. The van der Waals surface area contributed by atoms with Crippen molar-refractivity contribution in [2.24, 2.45) is 0 Å². The highest BCUT2D eigenvalue weighted by molar-refractivity contribution is 6.24. The second-order valence-electron chi connectivity index (χ2n) is 18.1. The van der Waals surface area contributed by atoms with Gasteiger partial charge in [0.25, 0.3) is 0 Å². The summed E-state index contributed by atoms with van der Waals surface area (Å²) < 4.78 is 13.8. The van der Waals surface area contributed by atoms with Gasteiger partial charge in [0.05, 0.1) is 0 Å². The minimum atomic E-state index is 0.800. The lowest BCUT2D eigenvalue weighted by Crippen LogP contribution is -2.10. The van der Waals surface area contributed by atoms with Gasteiger partial charge in [0.1, 0.15) is 22.7 Å². The maximum Gasteiger partial charge on any atom is 0.137 e. The number of nitrogens with zero attached hydrogens (tertiary/aromatic N) is 2. The molecule has 1 aliphatic rings. The highest BCUT2D eigenvalue weighted by Gasteiger charge is 2.26. The summed E-state index contributed by atoms with van der Waals surface area (Å²) in [5, 5.41) is 9.29. The van der Waals surface area contributed by atoms with Crippen LogP contribution in [0, 0.1) is 0 Å². The maximum atomic E-state index is 6.92. The molecule has 12 aromatic carbocycles. The van der Waals surface area contributed by atoms with E-state index in [9.17, 15) is 0 Å². The summed E-state index contributed by atoms with van der Waals surface area (Å²) >= 11 is 0. The largest absolute Gasteiger partial charge is 0.456 e. The molecule has 70 heavy (non-hydrogen) atoms. The van der Waals surface area contributed by atoms with E-state index in [0.717, 1.165) is 89.5 Å². The van der Waals surface area contributed by atoms with E-state index in [1.165, 1.54) is 43.8 Å². The van der Waals surface area contributed by atoms with Crippen molar-refractivity contribution in [3.63, 3.8) is 0 Å². The normalized spacial score (nSPS) is 11.8. The number of benzene rings is 12. The third kappa shape index (κ3) is 6.69. The third-order valence-electron chi connectivity index (χ3n) is 14.0. The highest BCUT2D eigenvalue weighted by atomic mass is 16.5. The molecule has 0 radical (unpaired) electrons.